The highest BCUT2D eigenvalue weighted by Crippen LogP contribution is 2.49. The van der Waals surface area contributed by atoms with Gasteiger partial charge in [-0.3, -0.25) is 4.57 Å². The average molecular weight is 481 g/mol. The Morgan fingerprint density at radius 3 is 2.67 bits per heavy atom. The molecule has 0 saturated carbocycles. The van der Waals surface area contributed by atoms with Gasteiger partial charge in [-0.2, -0.15) is 4.98 Å². The zero-order chi connectivity index (χ0) is 24.2. The molecule has 36 heavy (non-hydrogen) atoms. The van der Waals surface area contributed by atoms with E-state index in [2.05, 4.69) is 36.2 Å². The molecule has 4 heterocycles. The number of anilines is 2. The number of aromatic nitrogens is 6. The number of aliphatic hydroxyl groups is 1. The van der Waals surface area contributed by atoms with Crippen molar-refractivity contribution in [2.45, 2.75) is 31.2 Å². The van der Waals surface area contributed by atoms with Gasteiger partial charge in [0.25, 0.3) is 0 Å². The minimum Gasteiger partial charge on any atom is -0.388 e. The van der Waals surface area contributed by atoms with Crippen LogP contribution in [0.5, 0.6) is 0 Å². The molecule has 5 aromatic rings. The second-order valence-electron chi connectivity index (χ2n) is 9.02. The molecule has 9 nitrogen and oxygen atoms in total. The van der Waals surface area contributed by atoms with Crippen LogP contribution in [-0.4, -0.2) is 34.6 Å². The predicted octanol–water partition coefficient (Wildman–Crippen LogP) is 4.24. The molecule has 0 bridgehead atoms. The number of hydrogen-bond donors (Lipinski definition) is 2. The highest BCUT2D eigenvalue weighted by molar-refractivity contribution is 5.78. The molecule has 2 N–H and O–H groups in total. The zero-order valence-corrected chi connectivity index (χ0v) is 19.0. The van der Waals surface area contributed by atoms with Crippen LogP contribution in [0.4, 0.5) is 15.9 Å². The number of benzene rings is 2. The van der Waals surface area contributed by atoms with Crippen LogP contribution in [0.25, 0.3) is 17.0 Å². The first-order chi connectivity index (χ1) is 17.7. The quantitative estimate of drug-likeness (QED) is 0.395. The van der Waals surface area contributed by atoms with E-state index >= 15 is 0 Å². The van der Waals surface area contributed by atoms with Gasteiger partial charge in [0.2, 0.25) is 5.95 Å². The van der Waals surface area contributed by atoms with Crippen molar-refractivity contribution in [3.05, 3.63) is 96.2 Å². The Bertz CT molecular complexity index is 1590. The predicted molar refractivity (Wildman–Crippen MR) is 131 cm³/mol. The third-order valence-corrected chi connectivity index (χ3v) is 6.96. The summed E-state index contributed by atoms with van der Waals surface area (Å²) in [6.07, 6.45) is 9.01. The van der Waals surface area contributed by atoms with E-state index in [0.29, 0.717) is 29.2 Å². The third-order valence-electron chi connectivity index (χ3n) is 6.96. The van der Waals surface area contributed by atoms with Crippen LogP contribution in [-0.2, 0) is 0 Å². The maximum atomic E-state index is 14.0. The summed E-state index contributed by atoms with van der Waals surface area (Å²) < 4.78 is 15.7. The van der Waals surface area contributed by atoms with Crippen LogP contribution in [0, 0.1) is 5.82 Å². The van der Waals surface area contributed by atoms with Gasteiger partial charge in [-0.25, -0.2) is 24.3 Å². The van der Waals surface area contributed by atoms with Gasteiger partial charge in [0.1, 0.15) is 24.6 Å². The van der Waals surface area contributed by atoms with E-state index in [1.54, 1.807) is 35.6 Å². The van der Waals surface area contributed by atoms with Gasteiger partial charge >= 0.3 is 0 Å². The second-order valence-corrected chi connectivity index (χ2v) is 9.02. The first kappa shape index (κ1) is 20.9. The fourth-order valence-corrected chi connectivity index (χ4v) is 5.31. The summed E-state index contributed by atoms with van der Waals surface area (Å²) in [7, 11) is 0. The lowest BCUT2D eigenvalue weighted by Crippen LogP contribution is -2.35. The fourth-order valence-electron chi connectivity index (χ4n) is 5.31. The maximum Gasteiger partial charge on any atom is 0.237 e. The molecule has 0 saturated heterocycles. The lowest BCUT2D eigenvalue weighted by Gasteiger charge is -2.39. The van der Waals surface area contributed by atoms with Crippen molar-refractivity contribution in [1.82, 2.24) is 29.5 Å². The maximum absolute atomic E-state index is 14.0. The first-order valence-corrected chi connectivity index (χ1v) is 11.7. The van der Waals surface area contributed by atoms with E-state index in [-0.39, 0.29) is 18.0 Å². The van der Waals surface area contributed by atoms with Crippen LogP contribution in [0.2, 0.25) is 0 Å². The molecule has 0 amide bonds. The lowest BCUT2D eigenvalue weighted by molar-refractivity contribution is 0.149. The minimum atomic E-state index is -0.501. The first-order valence-electron chi connectivity index (χ1n) is 11.7. The number of nitrogens with zero attached hydrogens (tertiary/aromatic N) is 7. The molecular weight excluding hydrogens is 459 g/mol. The Labute approximate surface area is 205 Å². The average Bonchev–Trinajstić information content (AvgIpc) is 3.50. The van der Waals surface area contributed by atoms with E-state index in [4.69, 9.17) is 4.98 Å². The number of rotatable bonds is 3. The number of halogens is 1. The molecule has 7 rings (SSSR count). The zero-order valence-electron chi connectivity index (χ0n) is 19.0. The minimum absolute atomic E-state index is 0.0525. The van der Waals surface area contributed by atoms with E-state index < -0.39 is 6.10 Å². The number of nitrogens with one attached hydrogen (secondary N) is 1. The van der Waals surface area contributed by atoms with Crippen LogP contribution < -0.4 is 10.2 Å². The Balaban J connectivity index is 1.39. The van der Waals surface area contributed by atoms with Gasteiger partial charge in [0, 0.05) is 24.0 Å². The van der Waals surface area contributed by atoms with Gasteiger partial charge in [0.05, 0.1) is 35.1 Å². The summed E-state index contributed by atoms with van der Waals surface area (Å²) in [6, 6.07) is 12.4. The molecular formula is C26H21FN8O. The van der Waals surface area contributed by atoms with Crippen molar-refractivity contribution in [2.24, 2.45) is 0 Å². The highest BCUT2D eigenvalue weighted by atomic mass is 19.1. The Morgan fingerprint density at radius 2 is 1.81 bits per heavy atom. The number of hydrogen-bond acceptors (Lipinski definition) is 8. The molecule has 1 aliphatic heterocycles. The number of imidazole rings is 1. The monoisotopic (exact) mass is 480 g/mol. The van der Waals surface area contributed by atoms with Crippen LogP contribution in [0.15, 0.2) is 73.7 Å². The molecule has 2 unspecified atom stereocenters. The number of fused-ring (bicyclic) bond motifs is 3. The van der Waals surface area contributed by atoms with Crippen molar-refractivity contribution in [2.75, 3.05) is 10.2 Å². The fraction of sp³-hybridized carbons (Fsp3) is 0.192. The standard InChI is InChI=1S/C26H21FN8O/c27-16-5-6-19-22(9-16)34(14-31-19)26-30-12-20-25(33-26)35(24(32-20)15-10-28-13-29-11-15)21-7-8-23(36)18-4-2-1-3-17(18)21/h1-6,9-14,21,23-24,32,36H,7-8H2/t21?,23-,24?/m1/s1. The Morgan fingerprint density at radius 1 is 0.972 bits per heavy atom. The van der Waals surface area contributed by atoms with E-state index in [9.17, 15) is 9.50 Å². The molecule has 2 aromatic carbocycles. The molecule has 0 fully saturated rings. The molecule has 2 aliphatic rings. The van der Waals surface area contributed by atoms with Gasteiger partial charge < -0.3 is 15.3 Å². The van der Waals surface area contributed by atoms with Crippen LogP contribution in [0.3, 0.4) is 0 Å². The largest absolute Gasteiger partial charge is 0.388 e. The smallest absolute Gasteiger partial charge is 0.237 e. The SMILES string of the molecule is O[C@@H]1CCC(N2c3nc(-n4cnc5ccc(F)cc54)ncc3NC2c2cncnc2)c2ccccc21. The summed E-state index contributed by atoms with van der Waals surface area (Å²) in [4.78, 5) is 24.6. The number of aliphatic hydroxyl groups excluding tert-OH is 1. The molecule has 0 radical (unpaired) electrons. The van der Waals surface area contributed by atoms with Crippen LogP contribution >= 0.6 is 0 Å². The van der Waals surface area contributed by atoms with Gasteiger partial charge in [-0.05, 0) is 36.1 Å². The van der Waals surface area contributed by atoms with E-state index in [1.165, 1.54) is 18.5 Å². The van der Waals surface area contributed by atoms with Gasteiger partial charge in [-0.15, -0.1) is 0 Å². The van der Waals surface area contributed by atoms with E-state index in [1.807, 2.05) is 18.2 Å². The molecule has 0 spiro atoms. The van der Waals surface area contributed by atoms with Crippen molar-refractivity contribution >= 4 is 22.5 Å². The van der Waals surface area contributed by atoms with Gasteiger partial charge in [-0.1, -0.05) is 24.3 Å². The molecule has 3 aromatic heterocycles. The topological polar surface area (TPSA) is 105 Å². The lowest BCUT2D eigenvalue weighted by atomic mass is 9.84. The summed E-state index contributed by atoms with van der Waals surface area (Å²) >= 11 is 0. The molecule has 3 atom stereocenters. The third kappa shape index (κ3) is 3.22. The molecule has 10 heteroatoms. The van der Waals surface area contributed by atoms with Gasteiger partial charge in [0.15, 0.2) is 5.82 Å². The van der Waals surface area contributed by atoms with Crippen LogP contribution in [0.1, 0.15) is 47.8 Å². The Hall–Kier alpha value is -4.44. The molecule has 1 aliphatic carbocycles. The summed E-state index contributed by atoms with van der Waals surface area (Å²) in [5.74, 6) is 0.751. The highest BCUT2D eigenvalue weighted by Gasteiger charge is 2.40. The van der Waals surface area contributed by atoms with Crippen molar-refractivity contribution in [3.63, 3.8) is 0 Å². The summed E-state index contributed by atoms with van der Waals surface area (Å²) in [6.45, 7) is 0. The summed E-state index contributed by atoms with van der Waals surface area (Å²) in [5, 5.41) is 14.2. The van der Waals surface area contributed by atoms with Crippen molar-refractivity contribution in [1.29, 1.82) is 0 Å². The van der Waals surface area contributed by atoms with Crippen molar-refractivity contribution < 1.29 is 9.50 Å². The normalized spacial score (nSPS) is 20.7. The van der Waals surface area contributed by atoms with E-state index in [0.717, 1.165) is 28.8 Å². The van der Waals surface area contributed by atoms with Crippen molar-refractivity contribution in [3.8, 4) is 5.95 Å². The molecule has 178 valence electrons. The Kier molecular flexibility index (Phi) is 4.68. The second kappa shape index (κ2) is 8.06. The summed E-state index contributed by atoms with van der Waals surface area (Å²) in [5.41, 5.74) is 4.89.